The Hall–Kier alpha value is -4.36. The van der Waals surface area contributed by atoms with Gasteiger partial charge in [-0.1, -0.05) is 5.16 Å². The normalized spacial score (nSPS) is 29.0. The molecule has 2 unspecified atom stereocenters. The average Bonchev–Trinajstić information content (AvgIpc) is 3.37. The van der Waals surface area contributed by atoms with Gasteiger partial charge in [0.1, 0.15) is 30.6 Å². The van der Waals surface area contributed by atoms with Crippen LogP contribution in [0.3, 0.4) is 0 Å². The Labute approximate surface area is 240 Å². The molecular weight excluding hydrogens is 548 g/mol. The van der Waals surface area contributed by atoms with Crippen molar-refractivity contribution in [1.82, 2.24) is 4.90 Å². The van der Waals surface area contributed by atoms with Gasteiger partial charge < -0.3 is 30.1 Å². The lowest BCUT2D eigenvalue weighted by Crippen LogP contribution is -2.74. The first-order valence-electron chi connectivity index (χ1n) is 13.3. The second-order valence-corrected chi connectivity index (χ2v) is 11.4. The van der Waals surface area contributed by atoms with E-state index >= 15 is 0 Å². The Kier molecular flexibility index (Phi) is 7.06. The summed E-state index contributed by atoms with van der Waals surface area (Å²) in [6.45, 7) is 0. The number of aromatic hydroxyl groups is 1. The number of carbonyl (C=O) groups excluding carboxylic acids is 5. The van der Waals surface area contributed by atoms with Gasteiger partial charge in [0.2, 0.25) is 5.91 Å². The zero-order chi connectivity index (χ0) is 30.8. The van der Waals surface area contributed by atoms with Crippen LogP contribution in [-0.4, -0.2) is 97.3 Å². The first-order chi connectivity index (χ1) is 19.7. The molecule has 0 spiro atoms. The minimum atomic E-state index is -2.79. The summed E-state index contributed by atoms with van der Waals surface area (Å²) in [6.07, 6.45) is 1.45. The number of Topliss-reactive ketones (excluding diaryl/α,β-unsaturated/α-hetero) is 4. The minimum Gasteiger partial charge on any atom is -0.506 e. The number of rotatable bonds is 6. The van der Waals surface area contributed by atoms with Gasteiger partial charge in [-0.15, -0.1) is 0 Å². The van der Waals surface area contributed by atoms with Crippen LogP contribution in [0.15, 0.2) is 27.8 Å². The number of benzene rings is 1. The Balaban J connectivity index is 1.66. The molecule has 0 saturated heterocycles. The van der Waals surface area contributed by atoms with E-state index in [1.54, 1.807) is 51.3 Å². The molecule has 0 bridgehead atoms. The molecular formula is C29H32N4O9. The highest BCUT2D eigenvalue weighted by atomic mass is 16.6. The number of carbonyl (C=O) groups is 5. The zero-order valence-electron chi connectivity index (χ0n) is 23.8. The molecule has 5 rings (SSSR count). The number of nitrogens with two attached hydrogens (primary N) is 1. The molecule has 2 fully saturated rings. The molecule has 1 heterocycles. The van der Waals surface area contributed by atoms with E-state index in [4.69, 9.17) is 10.2 Å². The predicted octanol–water partition coefficient (Wildman–Crippen LogP) is 0.173. The van der Waals surface area contributed by atoms with Gasteiger partial charge in [-0.25, -0.2) is 0 Å². The van der Waals surface area contributed by atoms with Crippen LogP contribution < -0.4 is 10.6 Å². The number of nitrogens with zero attached hydrogens (tertiary/aromatic N) is 3. The third-order valence-electron chi connectivity index (χ3n) is 8.70. The lowest BCUT2D eigenvalue weighted by Gasteiger charge is -2.52. The van der Waals surface area contributed by atoms with E-state index in [1.165, 1.54) is 18.2 Å². The number of likely N-dealkylation sites (N-methyl/N-ethyl adjacent to an activating group) is 1. The Morgan fingerprint density at radius 2 is 1.86 bits per heavy atom. The molecule has 1 amide bonds. The van der Waals surface area contributed by atoms with Crippen LogP contribution in [0.5, 0.6) is 5.75 Å². The molecule has 6 atom stereocenters. The number of phenols is 1. The van der Waals surface area contributed by atoms with Crippen molar-refractivity contribution in [1.29, 1.82) is 0 Å². The highest BCUT2D eigenvalue weighted by molar-refractivity contribution is 6.32. The number of amides is 1. The molecule has 1 aromatic heterocycles. The maximum absolute atomic E-state index is 14.1. The van der Waals surface area contributed by atoms with E-state index in [9.17, 15) is 34.2 Å². The first kappa shape index (κ1) is 29.1. The van der Waals surface area contributed by atoms with Gasteiger partial charge in [0, 0.05) is 25.7 Å². The number of phenolic OH excluding ortho intramolecular Hbond substituents is 1. The summed E-state index contributed by atoms with van der Waals surface area (Å²) in [5.74, 6) is -10.5. The second kappa shape index (κ2) is 10.2. The third-order valence-corrected chi connectivity index (χ3v) is 8.70. The van der Waals surface area contributed by atoms with E-state index < -0.39 is 70.1 Å². The summed E-state index contributed by atoms with van der Waals surface area (Å²) in [6, 6.07) is 3.68. The summed E-state index contributed by atoms with van der Waals surface area (Å²) in [5, 5.41) is 26.8. The Morgan fingerprint density at radius 1 is 1.17 bits per heavy atom. The first-order valence-corrected chi connectivity index (χ1v) is 13.3. The van der Waals surface area contributed by atoms with E-state index in [0.717, 1.165) is 0 Å². The van der Waals surface area contributed by atoms with Crippen molar-refractivity contribution < 1.29 is 43.4 Å². The lowest BCUT2D eigenvalue weighted by atomic mass is 9.52. The van der Waals surface area contributed by atoms with Gasteiger partial charge in [-0.05, 0) is 56.6 Å². The maximum atomic E-state index is 14.1. The van der Waals surface area contributed by atoms with Crippen LogP contribution in [0, 0.1) is 23.7 Å². The van der Waals surface area contributed by atoms with Crippen molar-refractivity contribution >= 4 is 40.9 Å². The number of primary amides is 1. The topological polar surface area (TPSA) is 193 Å². The maximum Gasteiger partial charge on any atom is 0.235 e. The smallest absolute Gasteiger partial charge is 0.235 e. The quantitative estimate of drug-likeness (QED) is 0.240. The van der Waals surface area contributed by atoms with E-state index in [-0.39, 0.29) is 29.7 Å². The summed E-state index contributed by atoms with van der Waals surface area (Å²) < 4.78 is 5.77. The number of furan rings is 1. The van der Waals surface area contributed by atoms with Crippen LogP contribution in [0.4, 0.5) is 5.69 Å². The molecule has 0 radical (unpaired) electrons. The van der Waals surface area contributed by atoms with E-state index in [2.05, 4.69) is 9.99 Å². The summed E-state index contributed by atoms with van der Waals surface area (Å²) in [5.41, 5.74) is 3.73. The van der Waals surface area contributed by atoms with Gasteiger partial charge in [0.25, 0.3) is 0 Å². The monoisotopic (exact) mass is 580 g/mol. The predicted molar refractivity (Wildman–Crippen MR) is 148 cm³/mol. The van der Waals surface area contributed by atoms with Crippen molar-refractivity contribution in [3.63, 3.8) is 0 Å². The Bertz CT molecular complexity index is 1560. The standard InChI is InChI=1S/C29H32N4O9/c1-32(2)17-10-15(18-7-6-13(42-18)11-31-41-5)23(34)20-14(17)8-12-9-16-22(33(3)4)25(36)21(28(30)39)27(38)29(16,40)26(37)19(12)24(20)35/h6-7,10-12,16,19,21-22,34,40H,8-9H2,1-5H3,(H2,30,39)/b31-11-/t12-,16-,19?,21?,22-,29-/m0/s1. The lowest BCUT2D eigenvalue weighted by molar-refractivity contribution is -0.181. The van der Waals surface area contributed by atoms with Gasteiger partial charge >= 0.3 is 0 Å². The fourth-order valence-corrected chi connectivity index (χ4v) is 6.91. The molecule has 13 nitrogen and oxygen atoms in total. The molecule has 4 N–H and O–H groups in total. The molecule has 1 aromatic carbocycles. The molecule has 3 aliphatic carbocycles. The zero-order valence-corrected chi connectivity index (χ0v) is 23.8. The highest BCUT2D eigenvalue weighted by Crippen LogP contribution is 2.53. The number of hydrogen-bond donors (Lipinski definition) is 3. The van der Waals surface area contributed by atoms with Gasteiger partial charge in [0.05, 0.1) is 23.1 Å². The summed E-state index contributed by atoms with van der Waals surface area (Å²) >= 11 is 0. The van der Waals surface area contributed by atoms with E-state index in [1.807, 2.05) is 0 Å². The van der Waals surface area contributed by atoms with Gasteiger partial charge in [0.15, 0.2) is 34.7 Å². The Morgan fingerprint density at radius 3 is 2.45 bits per heavy atom. The fourth-order valence-electron chi connectivity index (χ4n) is 6.91. The average molecular weight is 581 g/mol. The summed E-state index contributed by atoms with van der Waals surface area (Å²) in [7, 11) is 7.98. The largest absolute Gasteiger partial charge is 0.506 e. The van der Waals surface area contributed by atoms with Crippen LogP contribution >= 0.6 is 0 Å². The van der Waals surface area contributed by atoms with E-state index in [0.29, 0.717) is 17.0 Å². The highest BCUT2D eigenvalue weighted by Gasteiger charge is 2.69. The number of aliphatic hydroxyl groups is 1. The number of anilines is 1. The SMILES string of the molecule is CO/N=C\c1ccc(-c2cc(N(C)C)c3c(c2O)C(=O)C2C(=O)[C@]4(O)C(=O)C(C(N)=O)C(=O)[C@@H](N(C)C)[C@@H]4C[C@@H]2C3)o1. The molecule has 3 aliphatic rings. The second-order valence-electron chi connectivity index (χ2n) is 11.4. The number of fused-ring (bicyclic) bond motifs is 3. The minimum absolute atomic E-state index is 0.0281. The van der Waals surface area contributed by atoms with Crippen molar-refractivity contribution in [2.75, 3.05) is 40.2 Å². The van der Waals surface area contributed by atoms with Crippen LogP contribution in [-0.2, 0) is 30.4 Å². The van der Waals surface area contributed by atoms with Crippen LogP contribution in [0.1, 0.15) is 28.1 Å². The van der Waals surface area contributed by atoms with Crippen LogP contribution in [0.25, 0.3) is 11.3 Å². The molecule has 0 aliphatic heterocycles. The molecule has 222 valence electrons. The molecule has 42 heavy (non-hydrogen) atoms. The number of ketones is 4. The third kappa shape index (κ3) is 4.06. The van der Waals surface area contributed by atoms with Gasteiger partial charge in [-0.3, -0.25) is 28.9 Å². The van der Waals surface area contributed by atoms with Crippen molar-refractivity contribution in [2.24, 2.45) is 34.6 Å². The fraction of sp³-hybridized carbons (Fsp3) is 0.448. The van der Waals surface area contributed by atoms with Crippen molar-refractivity contribution in [3.05, 3.63) is 35.1 Å². The van der Waals surface area contributed by atoms with Crippen molar-refractivity contribution in [2.45, 2.75) is 24.5 Å². The van der Waals surface area contributed by atoms with Gasteiger partial charge in [-0.2, -0.15) is 0 Å². The number of oxime groups is 1. The number of hydrogen-bond acceptors (Lipinski definition) is 12. The molecule has 2 aromatic rings. The molecule has 13 heteroatoms. The molecule has 2 saturated carbocycles. The van der Waals surface area contributed by atoms with Crippen molar-refractivity contribution in [3.8, 4) is 17.1 Å². The summed E-state index contributed by atoms with van der Waals surface area (Å²) in [4.78, 5) is 75.0. The van der Waals surface area contributed by atoms with Crippen LogP contribution in [0.2, 0.25) is 0 Å².